The summed E-state index contributed by atoms with van der Waals surface area (Å²) in [6.45, 7) is 0. The monoisotopic (exact) mass is 273 g/mol. The van der Waals surface area contributed by atoms with Gasteiger partial charge in [-0.1, -0.05) is 12.1 Å². The van der Waals surface area contributed by atoms with E-state index in [0.717, 1.165) is 5.56 Å². The first-order valence-electron chi connectivity index (χ1n) is 5.09. The van der Waals surface area contributed by atoms with Gasteiger partial charge in [-0.15, -0.1) is 13.2 Å². The van der Waals surface area contributed by atoms with Crippen molar-refractivity contribution in [3.63, 3.8) is 0 Å². The molecule has 0 unspecified atom stereocenters. The molecule has 1 heterocycles. The van der Waals surface area contributed by atoms with E-state index in [4.69, 9.17) is 5.73 Å². The second-order valence-electron chi connectivity index (χ2n) is 3.65. The van der Waals surface area contributed by atoms with Crippen LogP contribution in [0.15, 0.2) is 41.1 Å². The number of halogens is 3. The first-order valence-corrected chi connectivity index (χ1v) is 6.03. The summed E-state index contributed by atoms with van der Waals surface area (Å²) in [5.41, 5.74) is 7.41. The van der Waals surface area contributed by atoms with Gasteiger partial charge in [0.2, 0.25) is 0 Å². The minimum absolute atomic E-state index is 0.259. The Morgan fingerprint density at radius 2 is 1.94 bits per heavy atom. The molecule has 1 aromatic carbocycles. The minimum atomic E-state index is -4.69. The lowest BCUT2D eigenvalue weighted by Gasteiger charge is -2.13. The Morgan fingerprint density at radius 1 is 1.17 bits per heavy atom. The molecule has 0 amide bonds. The van der Waals surface area contributed by atoms with Crippen LogP contribution in [0, 0.1) is 0 Å². The molecule has 2 aromatic rings. The van der Waals surface area contributed by atoms with E-state index >= 15 is 0 Å². The van der Waals surface area contributed by atoms with Crippen LogP contribution >= 0.6 is 11.3 Å². The summed E-state index contributed by atoms with van der Waals surface area (Å²) in [6, 6.07) is 7.10. The highest BCUT2D eigenvalue weighted by molar-refractivity contribution is 7.08. The summed E-state index contributed by atoms with van der Waals surface area (Å²) in [5, 5.41) is 3.73. The number of alkyl halides is 3. The van der Waals surface area contributed by atoms with Crippen LogP contribution in [-0.4, -0.2) is 6.36 Å². The van der Waals surface area contributed by atoms with Crippen LogP contribution in [0.3, 0.4) is 0 Å². The molecule has 0 saturated carbocycles. The third-order valence-corrected chi connectivity index (χ3v) is 3.05. The first kappa shape index (κ1) is 12.9. The molecular formula is C12H10F3NOS. The number of ether oxygens (including phenoxy) is 1. The topological polar surface area (TPSA) is 35.2 Å². The van der Waals surface area contributed by atoms with Gasteiger partial charge in [-0.2, -0.15) is 11.3 Å². The normalized spacial score (nSPS) is 13.3. The van der Waals surface area contributed by atoms with Gasteiger partial charge in [-0.25, -0.2) is 0 Å². The average Bonchev–Trinajstić information content (AvgIpc) is 2.79. The highest BCUT2D eigenvalue weighted by Crippen LogP contribution is 2.27. The molecule has 1 atom stereocenters. The van der Waals surface area contributed by atoms with Crippen LogP contribution in [0.4, 0.5) is 13.2 Å². The van der Waals surface area contributed by atoms with Crippen molar-refractivity contribution in [1.82, 2.24) is 0 Å². The molecule has 0 fully saturated rings. The fraction of sp³-hybridized carbons (Fsp3) is 0.167. The lowest BCUT2D eigenvalue weighted by Crippen LogP contribution is -2.17. The summed E-state index contributed by atoms with van der Waals surface area (Å²) >= 11 is 1.49. The Labute approximate surface area is 106 Å². The number of hydrogen-bond donors (Lipinski definition) is 1. The summed E-state index contributed by atoms with van der Waals surface area (Å²) in [7, 11) is 0. The van der Waals surface area contributed by atoms with Crippen molar-refractivity contribution in [3.05, 3.63) is 52.2 Å². The fourth-order valence-corrected chi connectivity index (χ4v) is 2.25. The zero-order valence-corrected chi connectivity index (χ0v) is 9.96. The predicted molar refractivity (Wildman–Crippen MR) is 63.5 cm³/mol. The summed E-state index contributed by atoms with van der Waals surface area (Å²) in [4.78, 5) is 0. The molecule has 0 bridgehead atoms. The largest absolute Gasteiger partial charge is 0.573 e. The minimum Gasteiger partial charge on any atom is -0.406 e. The van der Waals surface area contributed by atoms with E-state index in [2.05, 4.69) is 4.74 Å². The molecule has 0 spiro atoms. The highest BCUT2D eigenvalue weighted by Gasteiger charge is 2.31. The standard InChI is InChI=1S/C12H10F3NOS/c13-12(14,15)17-10-3-1-2-8(6-10)11(16)9-4-5-18-7-9/h1-7,11H,16H2/t11-/m0/s1. The van der Waals surface area contributed by atoms with Crippen molar-refractivity contribution in [2.75, 3.05) is 0 Å². The molecule has 0 radical (unpaired) electrons. The predicted octanol–water partition coefficient (Wildman–Crippen LogP) is 3.69. The molecular weight excluding hydrogens is 263 g/mol. The number of nitrogens with two attached hydrogens (primary N) is 1. The molecule has 0 saturated heterocycles. The lowest BCUT2D eigenvalue weighted by molar-refractivity contribution is -0.274. The van der Waals surface area contributed by atoms with Crippen molar-refractivity contribution in [1.29, 1.82) is 0 Å². The molecule has 18 heavy (non-hydrogen) atoms. The SMILES string of the molecule is N[C@H](c1ccsc1)c1cccc(OC(F)(F)F)c1. The van der Waals surface area contributed by atoms with Gasteiger partial charge in [-0.3, -0.25) is 0 Å². The van der Waals surface area contributed by atoms with Gasteiger partial charge in [0, 0.05) is 0 Å². The molecule has 0 aliphatic carbocycles. The fourth-order valence-electron chi connectivity index (χ4n) is 1.55. The molecule has 2 nitrogen and oxygen atoms in total. The number of benzene rings is 1. The number of rotatable bonds is 3. The molecule has 0 aliphatic rings. The second kappa shape index (κ2) is 4.99. The first-order chi connectivity index (χ1) is 8.46. The van der Waals surface area contributed by atoms with Crippen LogP contribution in [0.2, 0.25) is 0 Å². The third kappa shape index (κ3) is 3.24. The van der Waals surface area contributed by atoms with Crippen molar-refractivity contribution >= 4 is 11.3 Å². The van der Waals surface area contributed by atoms with Crippen molar-refractivity contribution in [2.45, 2.75) is 12.4 Å². The van der Waals surface area contributed by atoms with E-state index in [1.165, 1.54) is 29.5 Å². The summed E-state index contributed by atoms with van der Waals surface area (Å²) in [6.07, 6.45) is -4.69. The van der Waals surface area contributed by atoms with Gasteiger partial charge >= 0.3 is 6.36 Å². The van der Waals surface area contributed by atoms with Gasteiger partial charge in [0.1, 0.15) is 5.75 Å². The number of thiophene rings is 1. The quantitative estimate of drug-likeness (QED) is 0.925. The van der Waals surface area contributed by atoms with E-state index in [9.17, 15) is 13.2 Å². The molecule has 0 aliphatic heterocycles. The second-order valence-corrected chi connectivity index (χ2v) is 4.43. The van der Waals surface area contributed by atoms with Crippen LogP contribution in [0.5, 0.6) is 5.75 Å². The average molecular weight is 273 g/mol. The van der Waals surface area contributed by atoms with Crippen molar-refractivity contribution in [3.8, 4) is 5.75 Å². The maximum Gasteiger partial charge on any atom is 0.573 e. The van der Waals surface area contributed by atoms with Gasteiger partial charge in [0.25, 0.3) is 0 Å². The van der Waals surface area contributed by atoms with Crippen LogP contribution in [-0.2, 0) is 0 Å². The molecule has 1 aromatic heterocycles. The molecule has 2 rings (SSSR count). The van der Waals surface area contributed by atoms with E-state index in [0.29, 0.717) is 5.56 Å². The molecule has 96 valence electrons. The smallest absolute Gasteiger partial charge is 0.406 e. The van der Waals surface area contributed by atoms with Crippen molar-refractivity contribution < 1.29 is 17.9 Å². The molecule has 6 heteroatoms. The maximum atomic E-state index is 12.1. The zero-order valence-electron chi connectivity index (χ0n) is 9.15. The van der Waals surface area contributed by atoms with Crippen molar-refractivity contribution in [2.24, 2.45) is 5.73 Å². The third-order valence-electron chi connectivity index (χ3n) is 2.35. The number of hydrogen-bond acceptors (Lipinski definition) is 3. The Kier molecular flexibility index (Phi) is 3.58. The van der Waals surface area contributed by atoms with Crippen LogP contribution in [0.25, 0.3) is 0 Å². The Morgan fingerprint density at radius 3 is 2.56 bits per heavy atom. The molecule has 2 N–H and O–H groups in total. The Balaban J connectivity index is 2.22. The van der Waals surface area contributed by atoms with E-state index in [1.807, 2.05) is 16.8 Å². The zero-order chi connectivity index (χ0) is 13.2. The van der Waals surface area contributed by atoms with Gasteiger partial charge in [-0.05, 0) is 40.1 Å². The van der Waals surface area contributed by atoms with Gasteiger partial charge in [0.15, 0.2) is 0 Å². The van der Waals surface area contributed by atoms with Gasteiger partial charge in [0.05, 0.1) is 6.04 Å². The summed E-state index contributed by atoms with van der Waals surface area (Å²) < 4.78 is 40.1. The van der Waals surface area contributed by atoms with E-state index < -0.39 is 12.4 Å². The lowest BCUT2D eigenvalue weighted by atomic mass is 10.0. The Hall–Kier alpha value is -1.53. The van der Waals surface area contributed by atoms with Crippen LogP contribution < -0.4 is 10.5 Å². The van der Waals surface area contributed by atoms with Crippen LogP contribution in [0.1, 0.15) is 17.2 Å². The maximum absolute atomic E-state index is 12.1. The Bertz CT molecular complexity index is 510. The summed E-state index contributed by atoms with van der Waals surface area (Å²) in [5.74, 6) is -0.259. The van der Waals surface area contributed by atoms with E-state index in [-0.39, 0.29) is 5.75 Å². The van der Waals surface area contributed by atoms with Gasteiger partial charge < -0.3 is 10.5 Å². The van der Waals surface area contributed by atoms with E-state index in [1.54, 1.807) is 6.07 Å². The highest BCUT2D eigenvalue weighted by atomic mass is 32.1.